The molecule has 0 aromatic heterocycles. The van der Waals surface area contributed by atoms with E-state index in [1.807, 2.05) is 0 Å². The van der Waals surface area contributed by atoms with Crippen LogP contribution < -0.4 is 5.32 Å². The SMILES string of the molecule is O=C(Cc1c(F)cccc1CF)C1CCNCC1. The molecule has 98 valence electrons. The van der Waals surface area contributed by atoms with Crippen molar-refractivity contribution in [2.45, 2.75) is 25.9 Å². The third-order valence-electron chi connectivity index (χ3n) is 3.51. The van der Waals surface area contributed by atoms with Gasteiger partial charge in [-0.05, 0) is 37.6 Å². The van der Waals surface area contributed by atoms with Gasteiger partial charge in [0.1, 0.15) is 18.3 Å². The molecule has 1 aliphatic heterocycles. The zero-order valence-corrected chi connectivity index (χ0v) is 10.2. The number of halogens is 2. The van der Waals surface area contributed by atoms with Gasteiger partial charge >= 0.3 is 0 Å². The van der Waals surface area contributed by atoms with Gasteiger partial charge in [-0.3, -0.25) is 4.79 Å². The highest BCUT2D eigenvalue weighted by Gasteiger charge is 2.22. The Balaban J connectivity index is 2.10. The largest absolute Gasteiger partial charge is 0.317 e. The number of hydrogen-bond donors (Lipinski definition) is 1. The first-order valence-electron chi connectivity index (χ1n) is 6.28. The molecule has 0 atom stereocenters. The second-order valence-corrected chi connectivity index (χ2v) is 4.68. The van der Waals surface area contributed by atoms with E-state index >= 15 is 0 Å². The maximum absolute atomic E-state index is 13.6. The minimum atomic E-state index is -0.730. The fourth-order valence-electron chi connectivity index (χ4n) is 2.39. The van der Waals surface area contributed by atoms with Crippen molar-refractivity contribution in [1.29, 1.82) is 0 Å². The minimum Gasteiger partial charge on any atom is -0.317 e. The molecule has 0 radical (unpaired) electrons. The number of rotatable bonds is 4. The monoisotopic (exact) mass is 253 g/mol. The first-order chi connectivity index (χ1) is 8.72. The summed E-state index contributed by atoms with van der Waals surface area (Å²) in [5.41, 5.74) is 0.515. The highest BCUT2D eigenvalue weighted by molar-refractivity contribution is 5.83. The van der Waals surface area contributed by atoms with Crippen LogP contribution in [0.25, 0.3) is 0 Å². The molecule has 0 unspecified atom stereocenters. The molecule has 2 nitrogen and oxygen atoms in total. The average molecular weight is 253 g/mol. The quantitative estimate of drug-likeness (QED) is 0.892. The molecular formula is C14H17F2NO. The van der Waals surface area contributed by atoms with Gasteiger partial charge in [-0.15, -0.1) is 0 Å². The fraction of sp³-hybridized carbons (Fsp3) is 0.500. The first kappa shape index (κ1) is 13.1. The lowest BCUT2D eigenvalue weighted by atomic mass is 9.89. The molecule has 1 aliphatic rings. The minimum absolute atomic E-state index is 0.0105. The van der Waals surface area contributed by atoms with E-state index in [1.165, 1.54) is 18.2 Å². The second-order valence-electron chi connectivity index (χ2n) is 4.68. The molecule has 1 heterocycles. The molecule has 0 bridgehead atoms. The van der Waals surface area contributed by atoms with Gasteiger partial charge in [0, 0.05) is 17.9 Å². The van der Waals surface area contributed by atoms with Crippen LogP contribution in [0.4, 0.5) is 8.78 Å². The van der Waals surface area contributed by atoms with Gasteiger partial charge in [0.05, 0.1) is 0 Å². The summed E-state index contributed by atoms with van der Waals surface area (Å²) in [6.45, 7) is 0.917. The van der Waals surface area contributed by atoms with E-state index in [0.29, 0.717) is 0 Å². The molecule has 4 heteroatoms. The number of piperidine rings is 1. The van der Waals surface area contributed by atoms with Crippen LogP contribution in [0.2, 0.25) is 0 Å². The molecule has 1 aromatic carbocycles. The van der Waals surface area contributed by atoms with Crippen LogP contribution in [0.5, 0.6) is 0 Å². The van der Waals surface area contributed by atoms with E-state index in [2.05, 4.69) is 5.32 Å². The lowest BCUT2D eigenvalue weighted by Gasteiger charge is -2.21. The summed E-state index contributed by atoms with van der Waals surface area (Å²) >= 11 is 0. The van der Waals surface area contributed by atoms with Crippen molar-refractivity contribution < 1.29 is 13.6 Å². The Morgan fingerprint density at radius 2 is 2.06 bits per heavy atom. The predicted octanol–water partition coefficient (Wildman–Crippen LogP) is 2.41. The molecular weight excluding hydrogens is 236 g/mol. The molecule has 0 aliphatic carbocycles. The van der Waals surface area contributed by atoms with Gasteiger partial charge in [0.25, 0.3) is 0 Å². The summed E-state index contributed by atoms with van der Waals surface area (Å²) in [7, 11) is 0. The lowest BCUT2D eigenvalue weighted by Crippen LogP contribution is -2.32. The smallest absolute Gasteiger partial charge is 0.140 e. The van der Waals surface area contributed by atoms with Crippen molar-refractivity contribution >= 4 is 5.78 Å². The molecule has 0 spiro atoms. The number of carbonyl (C=O) groups is 1. The molecule has 1 aromatic rings. The van der Waals surface area contributed by atoms with Crippen LogP contribution in [-0.4, -0.2) is 18.9 Å². The van der Waals surface area contributed by atoms with Crippen LogP contribution >= 0.6 is 0 Å². The normalized spacial score (nSPS) is 16.8. The number of alkyl halides is 1. The maximum Gasteiger partial charge on any atom is 0.140 e. The van der Waals surface area contributed by atoms with E-state index in [9.17, 15) is 13.6 Å². The van der Waals surface area contributed by atoms with Crippen LogP contribution in [0.1, 0.15) is 24.0 Å². The van der Waals surface area contributed by atoms with Crippen LogP contribution in [0.15, 0.2) is 18.2 Å². The highest BCUT2D eigenvalue weighted by atomic mass is 19.1. The fourth-order valence-corrected chi connectivity index (χ4v) is 2.39. The number of carbonyl (C=O) groups excluding carboxylic acids is 1. The van der Waals surface area contributed by atoms with Crippen molar-refractivity contribution in [3.63, 3.8) is 0 Å². The van der Waals surface area contributed by atoms with E-state index in [0.717, 1.165) is 25.9 Å². The number of hydrogen-bond acceptors (Lipinski definition) is 2. The molecule has 2 rings (SSSR count). The van der Waals surface area contributed by atoms with Crippen molar-refractivity contribution in [2.75, 3.05) is 13.1 Å². The number of benzene rings is 1. The standard InChI is InChI=1S/C14H17F2NO/c15-9-11-2-1-3-13(16)12(11)8-14(18)10-4-6-17-7-5-10/h1-3,10,17H,4-9H2. The Kier molecular flexibility index (Phi) is 4.42. The molecule has 1 fully saturated rings. The topological polar surface area (TPSA) is 29.1 Å². The Morgan fingerprint density at radius 3 is 2.72 bits per heavy atom. The number of Topliss-reactive ketones (excluding diaryl/α,β-unsaturated/α-hetero) is 1. The second kappa shape index (κ2) is 6.05. The van der Waals surface area contributed by atoms with Crippen LogP contribution in [0, 0.1) is 11.7 Å². The zero-order chi connectivity index (χ0) is 13.0. The van der Waals surface area contributed by atoms with Gasteiger partial charge < -0.3 is 5.32 Å². The summed E-state index contributed by atoms with van der Waals surface area (Å²) in [6, 6.07) is 4.29. The third-order valence-corrected chi connectivity index (χ3v) is 3.51. The summed E-state index contributed by atoms with van der Waals surface area (Å²) in [5.74, 6) is -0.470. The van der Waals surface area contributed by atoms with Gasteiger partial charge in [-0.25, -0.2) is 8.78 Å². The van der Waals surface area contributed by atoms with Crippen molar-refractivity contribution in [2.24, 2.45) is 5.92 Å². The van der Waals surface area contributed by atoms with Gasteiger partial charge in [-0.2, -0.15) is 0 Å². The first-order valence-corrected chi connectivity index (χ1v) is 6.28. The van der Waals surface area contributed by atoms with E-state index in [-0.39, 0.29) is 29.2 Å². The lowest BCUT2D eigenvalue weighted by molar-refractivity contribution is -0.123. The number of nitrogens with one attached hydrogen (secondary N) is 1. The molecule has 1 saturated heterocycles. The van der Waals surface area contributed by atoms with E-state index in [1.54, 1.807) is 0 Å². The Hall–Kier alpha value is -1.29. The Morgan fingerprint density at radius 1 is 1.33 bits per heavy atom. The molecule has 1 N–H and O–H groups in total. The Labute approximate surface area is 105 Å². The maximum atomic E-state index is 13.6. The van der Waals surface area contributed by atoms with Crippen LogP contribution in [0.3, 0.4) is 0 Å². The van der Waals surface area contributed by atoms with Crippen molar-refractivity contribution in [3.05, 3.63) is 35.1 Å². The molecule has 0 saturated carbocycles. The zero-order valence-electron chi connectivity index (χ0n) is 10.2. The highest BCUT2D eigenvalue weighted by Crippen LogP contribution is 2.20. The predicted molar refractivity (Wildman–Crippen MR) is 65.5 cm³/mol. The summed E-state index contributed by atoms with van der Waals surface area (Å²) in [5, 5.41) is 3.18. The van der Waals surface area contributed by atoms with Crippen molar-refractivity contribution in [3.8, 4) is 0 Å². The van der Waals surface area contributed by atoms with Gasteiger partial charge in [0.15, 0.2) is 0 Å². The summed E-state index contributed by atoms with van der Waals surface area (Å²) in [4.78, 5) is 12.1. The van der Waals surface area contributed by atoms with E-state index < -0.39 is 12.5 Å². The Bertz CT molecular complexity index is 428. The number of ketones is 1. The molecule has 18 heavy (non-hydrogen) atoms. The summed E-state index contributed by atoms with van der Waals surface area (Å²) in [6.07, 6.45) is 1.59. The average Bonchev–Trinajstić information content (AvgIpc) is 2.42. The van der Waals surface area contributed by atoms with E-state index in [4.69, 9.17) is 0 Å². The van der Waals surface area contributed by atoms with Crippen LogP contribution in [-0.2, 0) is 17.9 Å². The third kappa shape index (κ3) is 2.93. The summed E-state index contributed by atoms with van der Waals surface area (Å²) < 4.78 is 26.4. The van der Waals surface area contributed by atoms with Gasteiger partial charge in [0.2, 0.25) is 0 Å². The van der Waals surface area contributed by atoms with Gasteiger partial charge in [-0.1, -0.05) is 12.1 Å². The molecule has 0 amide bonds. The van der Waals surface area contributed by atoms with Crippen molar-refractivity contribution in [1.82, 2.24) is 5.32 Å².